The average molecular weight is 398 g/mol. The number of nitrogens with zero attached hydrogens (tertiary/aromatic N) is 4. The summed E-state index contributed by atoms with van der Waals surface area (Å²) in [4.78, 5) is 14.9. The topological polar surface area (TPSA) is 63.1 Å². The Balaban J connectivity index is 0.00000192. The molecule has 0 bridgehead atoms. The van der Waals surface area contributed by atoms with E-state index >= 15 is 0 Å². The lowest BCUT2D eigenvalue weighted by Crippen LogP contribution is -2.38. The van der Waals surface area contributed by atoms with Gasteiger partial charge in [-0.3, -0.25) is 4.79 Å². The van der Waals surface area contributed by atoms with E-state index in [4.69, 9.17) is 0 Å². The third kappa shape index (κ3) is 3.38. The van der Waals surface area contributed by atoms with Crippen LogP contribution in [0.2, 0.25) is 0 Å². The van der Waals surface area contributed by atoms with Crippen LogP contribution in [0, 0.1) is 0 Å². The Morgan fingerprint density at radius 2 is 1.79 bits per heavy atom. The molecule has 0 saturated carbocycles. The van der Waals surface area contributed by atoms with Crippen LogP contribution >= 0.6 is 12.4 Å². The van der Waals surface area contributed by atoms with Crippen LogP contribution < -0.4 is 5.32 Å². The summed E-state index contributed by atoms with van der Waals surface area (Å²) in [6, 6.07) is 14.1. The highest BCUT2D eigenvalue weighted by Crippen LogP contribution is 2.29. The van der Waals surface area contributed by atoms with Crippen molar-refractivity contribution in [2.75, 3.05) is 19.6 Å². The van der Waals surface area contributed by atoms with Crippen LogP contribution in [0.15, 0.2) is 42.5 Å². The monoisotopic (exact) mass is 397 g/mol. The SMILES string of the molecule is Cl.O=C(c1ccc2ccccc2c1)N1CCC(c2nnc3n2CCNC3)CC1. The molecule has 7 heteroatoms. The summed E-state index contributed by atoms with van der Waals surface area (Å²) in [6.45, 7) is 4.26. The zero-order chi connectivity index (χ0) is 18.2. The minimum absolute atomic E-state index is 0. The summed E-state index contributed by atoms with van der Waals surface area (Å²) in [7, 11) is 0. The van der Waals surface area contributed by atoms with Crippen LogP contribution in [-0.4, -0.2) is 45.2 Å². The van der Waals surface area contributed by atoms with Crippen molar-refractivity contribution < 1.29 is 4.79 Å². The molecule has 2 aliphatic heterocycles. The quantitative estimate of drug-likeness (QED) is 0.722. The Hall–Kier alpha value is -2.44. The van der Waals surface area contributed by atoms with Gasteiger partial charge in [0.1, 0.15) is 11.6 Å². The molecule has 2 aliphatic rings. The summed E-state index contributed by atoms with van der Waals surface area (Å²) >= 11 is 0. The molecule has 5 rings (SSSR count). The van der Waals surface area contributed by atoms with Crippen molar-refractivity contribution in [3.8, 4) is 0 Å². The molecule has 1 amide bonds. The fraction of sp³-hybridized carbons (Fsp3) is 0.381. The van der Waals surface area contributed by atoms with Crippen molar-refractivity contribution in [1.29, 1.82) is 0 Å². The van der Waals surface area contributed by atoms with Gasteiger partial charge in [-0.2, -0.15) is 0 Å². The molecule has 146 valence electrons. The third-order valence-electron chi connectivity index (χ3n) is 5.80. The number of aromatic nitrogens is 3. The Bertz CT molecular complexity index is 993. The fourth-order valence-corrected chi connectivity index (χ4v) is 4.26. The number of halogens is 1. The van der Waals surface area contributed by atoms with Crippen molar-refractivity contribution >= 4 is 29.1 Å². The summed E-state index contributed by atoms with van der Waals surface area (Å²) in [6.07, 6.45) is 1.90. The van der Waals surface area contributed by atoms with Crippen molar-refractivity contribution in [3.05, 3.63) is 59.7 Å². The van der Waals surface area contributed by atoms with E-state index in [2.05, 4.69) is 32.2 Å². The number of amides is 1. The lowest BCUT2D eigenvalue weighted by atomic mass is 9.95. The molecule has 28 heavy (non-hydrogen) atoms. The van der Waals surface area contributed by atoms with Gasteiger partial charge in [-0.05, 0) is 35.7 Å². The standard InChI is InChI=1S/C21H23N5O.ClH/c27-21(18-6-5-15-3-1-2-4-17(15)13-18)25-10-7-16(8-11-25)20-24-23-19-14-22-9-12-26(19)20;/h1-6,13,16,22H,7-12,14H2;1H. The third-order valence-corrected chi connectivity index (χ3v) is 5.80. The first-order chi connectivity index (χ1) is 13.3. The van der Waals surface area contributed by atoms with E-state index in [0.29, 0.717) is 5.92 Å². The zero-order valence-corrected chi connectivity index (χ0v) is 16.5. The Kier molecular flexibility index (Phi) is 5.33. The zero-order valence-electron chi connectivity index (χ0n) is 15.7. The van der Waals surface area contributed by atoms with Gasteiger partial charge in [0.05, 0.1) is 6.54 Å². The number of benzene rings is 2. The number of fused-ring (bicyclic) bond motifs is 2. The Morgan fingerprint density at radius 3 is 2.61 bits per heavy atom. The second kappa shape index (κ2) is 7.89. The van der Waals surface area contributed by atoms with E-state index in [9.17, 15) is 4.79 Å². The molecule has 1 fully saturated rings. The van der Waals surface area contributed by atoms with E-state index in [1.165, 1.54) is 5.39 Å². The molecule has 1 N–H and O–H groups in total. The number of likely N-dealkylation sites (tertiary alicyclic amines) is 1. The second-order valence-electron chi connectivity index (χ2n) is 7.43. The molecule has 6 nitrogen and oxygen atoms in total. The van der Waals surface area contributed by atoms with Crippen LogP contribution in [0.4, 0.5) is 0 Å². The highest BCUT2D eigenvalue weighted by molar-refractivity contribution is 5.98. The van der Waals surface area contributed by atoms with E-state index in [0.717, 1.165) is 68.2 Å². The minimum Gasteiger partial charge on any atom is -0.339 e. The molecule has 0 atom stereocenters. The van der Waals surface area contributed by atoms with Gasteiger partial charge in [0.2, 0.25) is 0 Å². The molecule has 2 aromatic carbocycles. The lowest BCUT2D eigenvalue weighted by molar-refractivity contribution is 0.0710. The number of carbonyl (C=O) groups is 1. The molecule has 3 aromatic rings. The number of rotatable bonds is 2. The van der Waals surface area contributed by atoms with Gasteiger partial charge in [0.15, 0.2) is 0 Å². The minimum atomic E-state index is 0. The first-order valence-corrected chi connectivity index (χ1v) is 9.70. The number of piperidine rings is 1. The number of carbonyl (C=O) groups excluding carboxylic acids is 1. The first kappa shape index (κ1) is 18.9. The summed E-state index contributed by atoms with van der Waals surface area (Å²) in [5, 5.41) is 14.4. The highest BCUT2D eigenvalue weighted by atomic mass is 35.5. The normalized spacial score (nSPS) is 17.2. The number of hydrogen-bond acceptors (Lipinski definition) is 4. The second-order valence-corrected chi connectivity index (χ2v) is 7.43. The first-order valence-electron chi connectivity index (χ1n) is 9.70. The lowest BCUT2D eigenvalue weighted by Gasteiger charge is -2.32. The maximum Gasteiger partial charge on any atom is 0.253 e. The summed E-state index contributed by atoms with van der Waals surface area (Å²) < 4.78 is 2.27. The van der Waals surface area contributed by atoms with Gasteiger partial charge in [0.25, 0.3) is 5.91 Å². The molecule has 0 unspecified atom stereocenters. The molecule has 1 saturated heterocycles. The maximum atomic E-state index is 13.0. The summed E-state index contributed by atoms with van der Waals surface area (Å²) in [5.41, 5.74) is 0.776. The van der Waals surface area contributed by atoms with Crippen LogP contribution in [0.3, 0.4) is 0 Å². The van der Waals surface area contributed by atoms with Gasteiger partial charge in [0, 0.05) is 37.7 Å². The summed E-state index contributed by atoms with van der Waals surface area (Å²) in [5.74, 6) is 2.66. The molecular weight excluding hydrogens is 374 g/mol. The van der Waals surface area contributed by atoms with Crippen LogP contribution in [-0.2, 0) is 13.1 Å². The van der Waals surface area contributed by atoms with E-state index in [1.54, 1.807) is 0 Å². The van der Waals surface area contributed by atoms with Gasteiger partial charge in [-0.15, -0.1) is 22.6 Å². The predicted octanol–water partition coefficient (Wildman–Crippen LogP) is 2.98. The van der Waals surface area contributed by atoms with E-state index in [-0.39, 0.29) is 18.3 Å². The average Bonchev–Trinajstić information content (AvgIpc) is 3.17. The van der Waals surface area contributed by atoms with E-state index < -0.39 is 0 Å². The van der Waals surface area contributed by atoms with Crippen LogP contribution in [0.1, 0.15) is 40.8 Å². The van der Waals surface area contributed by atoms with Crippen LogP contribution in [0.25, 0.3) is 10.8 Å². The van der Waals surface area contributed by atoms with E-state index in [1.807, 2.05) is 35.2 Å². The van der Waals surface area contributed by atoms with Gasteiger partial charge in [-0.1, -0.05) is 30.3 Å². The van der Waals surface area contributed by atoms with Crippen molar-refractivity contribution in [1.82, 2.24) is 25.0 Å². The van der Waals surface area contributed by atoms with Crippen molar-refractivity contribution in [2.45, 2.75) is 31.8 Å². The van der Waals surface area contributed by atoms with Crippen LogP contribution in [0.5, 0.6) is 0 Å². The molecule has 0 radical (unpaired) electrons. The molecule has 3 heterocycles. The predicted molar refractivity (Wildman–Crippen MR) is 111 cm³/mol. The Labute approximate surface area is 170 Å². The van der Waals surface area contributed by atoms with Crippen molar-refractivity contribution in [3.63, 3.8) is 0 Å². The molecular formula is C21H24ClN5O. The maximum absolute atomic E-state index is 13.0. The molecule has 1 aromatic heterocycles. The number of nitrogens with one attached hydrogen (secondary N) is 1. The van der Waals surface area contributed by atoms with Gasteiger partial charge in [-0.25, -0.2) is 0 Å². The highest BCUT2D eigenvalue weighted by Gasteiger charge is 2.29. The van der Waals surface area contributed by atoms with Gasteiger partial charge < -0.3 is 14.8 Å². The smallest absolute Gasteiger partial charge is 0.253 e. The van der Waals surface area contributed by atoms with Gasteiger partial charge >= 0.3 is 0 Å². The molecule has 0 spiro atoms. The van der Waals surface area contributed by atoms with Crippen molar-refractivity contribution in [2.24, 2.45) is 0 Å². The number of hydrogen-bond donors (Lipinski definition) is 1. The molecule has 0 aliphatic carbocycles. The fourth-order valence-electron chi connectivity index (χ4n) is 4.26. The largest absolute Gasteiger partial charge is 0.339 e. The Morgan fingerprint density at radius 1 is 1.00 bits per heavy atom.